The minimum atomic E-state index is 0.710. The van der Waals surface area contributed by atoms with Crippen LogP contribution < -0.4 is 0 Å². The summed E-state index contributed by atoms with van der Waals surface area (Å²) in [5, 5.41) is 0. The van der Waals surface area contributed by atoms with Crippen LogP contribution in [0.3, 0.4) is 0 Å². The Hall–Kier alpha value is -0.760. The lowest BCUT2D eigenvalue weighted by molar-refractivity contribution is 0.282. The number of halogens is 1. The van der Waals surface area contributed by atoms with E-state index in [2.05, 4.69) is 48.0 Å². The van der Waals surface area contributed by atoms with E-state index in [9.17, 15) is 0 Å². The van der Waals surface area contributed by atoms with Gasteiger partial charge in [0.15, 0.2) is 0 Å². The van der Waals surface area contributed by atoms with E-state index in [4.69, 9.17) is 4.74 Å². The fourth-order valence-electron chi connectivity index (χ4n) is 1.64. The molecule has 1 aromatic carbocycles. The first-order valence-electron chi connectivity index (χ1n) is 4.83. The molecule has 0 amide bonds. The van der Waals surface area contributed by atoms with Crippen molar-refractivity contribution in [2.45, 2.75) is 26.9 Å². The number of hydrogen-bond acceptors (Lipinski definition) is 1. The van der Waals surface area contributed by atoms with Gasteiger partial charge in [-0.25, -0.2) is 0 Å². The summed E-state index contributed by atoms with van der Waals surface area (Å²) in [5.41, 5.74) is 3.86. The summed E-state index contributed by atoms with van der Waals surface area (Å²) in [5.74, 6) is 1.08. The minimum absolute atomic E-state index is 0.710. The second-order valence-electron chi connectivity index (χ2n) is 3.55. The Balaban J connectivity index is 2.50. The van der Waals surface area contributed by atoms with Crippen molar-refractivity contribution >= 4 is 21.7 Å². The molecule has 1 nitrogen and oxygen atoms in total. The van der Waals surface area contributed by atoms with E-state index in [0.29, 0.717) is 6.61 Å². The van der Waals surface area contributed by atoms with Crippen LogP contribution in [-0.4, -0.2) is 0 Å². The average molecular weight is 253 g/mol. The van der Waals surface area contributed by atoms with Crippen LogP contribution in [0.4, 0.5) is 0 Å². The fourth-order valence-corrected chi connectivity index (χ4v) is 2.05. The van der Waals surface area contributed by atoms with Gasteiger partial charge in [-0.3, -0.25) is 0 Å². The van der Waals surface area contributed by atoms with Crippen LogP contribution in [0.1, 0.15) is 31.4 Å². The molecule has 0 fully saturated rings. The number of ether oxygens (including phenoxy) is 1. The second-order valence-corrected chi connectivity index (χ2v) is 4.47. The highest BCUT2D eigenvalue weighted by molar-refractivity contribution is 9.10. The molecule has 2 heteroatoms. The molecule has 1 aliphatic rings. The lowest BCUT2D eigenvalue weighted by Gasteiger charge is -2.04. The van der Waals surface area contributed by atoms with E-state index in [0.717, 1.165) is 16.7 Å². The molecular weight excluding hydrogens is 240 g/mol. The molecule has 74 valence electrons. The Morgan fingerprint density at radius 3 is 3.00 bits per heavy atom. The van der Waals surface area contributed by atoms with Crippen LogP contribution in [0.5, 0.6) is 0 Å². The quantitative estimate of drug-likeness (QED) is 0.731. The van der Waals surface area contributed by atoms with Gasteiger partial charge in [-0.05, 0) is 37.1 Å². The Bertz CT molecular complexity index is 393. The van der Waals surface area contributed by atoms with Gasteiger partial charge in [0.25, 0.3) is 0 Å². The largest absolute Gasteiger partial charge is 0.488 e. The van der Waals surface area contributed by atoms with Crippen LogP contribution in [-0.2, 0) is 11.3 Å². The lowest BCUT2D eigenvalue weighted by Crippen LogP contribution is -1.85. The maximum Gasteiger partial charge on any atom is 0.126 e. The Morgan fingerprint density at radius 2 is 2.29 bits per heavy atom. The van der Waals surface area contributed by atoms with Gasteiger partial charge >= 0.3 is 0 Å². The normalized spacial score (nSPS) is 17.6. The van der Waals surface area contributed by atoms with Crippen molar-refractivity contribution in [3.63, 3.8) is 0 Å². The predicted octanol–water partition coefficient (Wildman–Crippen LogP) is 4.12. The lowest BCUT2D eigenvalue weighted by atomic mass is 10.1. The van der Waals surface area contributed by atoms with Gasteiger partial charge in [-0.2, -0.15) is 0 Å². The van der Waals surface area contributed by atoms with E-state index in [1.54, 1.807) is 0 Å². The molecule has 0 saturated carbocycles. The first-order valence-corrected chi connectivity index (χ1v) is 5.63. The molecule has 2 rings (SSSR count). The third-order valence-corrected chi connectivity index (χ3v) is 3.10. The molecule has 0 spiro atoms. The third kappa shape index (κ3) is 1.59. The SMILES string of the molecule is CC/C(C)=C1\OCc2cc(Br)ccc21. The van der Waals surface area contributed by atoms with Crippen LogP contribution in [0, 0.1) is 0 Å². The van der Waals surface area contributed by atoms with Crippen LogP contribution >= 0.6 is 15.9 Å². The van der Waals surface area contributed by atoms with Crippen molar-refractivity contribution < 1.29 is 4.74 Å². The smallest absolute Gasteiger partial charge is 0.126 e. The van der Waals surface area contributed by atoms with Crippen molar-refractivity contribution in [3.05, 3.63) is 39.4 Å². The summed E-state index contributed by atoms with van der Waals surface area (Å²) >= 11 is 3.47. The molecule has 0 saturated heterocycles. The van der Waals surface area contributed by atoms with Gasteiger partial charge in [-0.1, -0.05) is 22.9 Å². The number of rotatable bonds is 1. The Labute approximate surface area is 92.9 Å². The number of hydrogen-bond donors (Lipinski definition) is 0. The first kappa shape index (κ1) is 9.78. The highest BCUT2D eigenvalue weighted by Gasteiger charge is 2.18. The maximum atomic E-state index is 5.69. The van der Waals surface area contributed by atoms with Gasteiger partial charge < -0.3 is 4.74 Å². The molecule has 0 radical (unpaired) electrons. The van der Waals surface area contributed by atoms with Crippen molar-refractivity contribution in [1.82, 2.24) is 0 Å². The van der Waals surface area contributed by atoms with Gasteiger partial charge in [-0.15, -0.1) is 0 Å². The summed E-state index contributed by atoms with van der Waals surface area (Å²) in [6.07, 6.45) is 1.05. The van der Waals surface area contributed by atoms with E-state index < -0.39 is 0 Å². The number of fused-ring (bicyclic) bond motifs is 1. The van der Waals surface area contributed by atoms with E-state index in [1.807, 2.05) is 0 Å². The molecule has 0 N–H and O–H groups in total. The van der Waals surface area contributed by atoms with E-state index >= 15 is 0 Å². The van der Waals surface area contributed by atoms with Crippen molar-refractivity contribution in [2.24, 2.45) is 0 Å². The van der Waals surface area contributed by atoms with Crippen molar-refractivity contribution in [1.29, 1.82) is 0 Å². The van der Waals surface area contributed by atoms with Gasteiger partial charge in [0.2, 0.25) is 0 Å². The van der Waals surface area contributed by atoms with Crippen LogP contribution in [0.25, 0.3) is 5.76 Å². The van der Waals surface area contributed by atoms with Gasteiger partial charge in [0, 0.05) is 15.6 Å². The summed E-state index contributed by atoms with van der Waals surface area (Å²) in [4.78, 5) is 0. The molecule has 1 aromatic rings. The monoisotopic (exact) mass is 252 g/mol. The number of benzene rings is 1. The summed E-state index contributed by atoms with van der Waals surface area (Å²) < 4.78 is 6.81. The maximum absolute atomic E-state index is 5.69. The van der Waals surface area contributed by atoms with Crippen molar-refractivity contribution in [3.8, 4) is 0 Å². The molecule has 0 bridgehead atoms. The minimum Gasteiger partial charge on any atom is -0.488 e. The second kappa shape index (κ2) is 3.77. The highest BCUT2D eigenvalue weighted by Crippen LogP contribution is 2.34. The topological polar surface area (TPSA) is 9.23 Å². The molecule has 0 aromatic heterocycles. The standard InChI is InChI=1S/C12H13BrO/c1-3-8(2)12-11-5-4-10(13)6-9(11)7-14-12/h4-6H,3,7H2,1-2H3/b12-8-. The van der Waals surface area contributed by atoms with Gasteiger partial charge in [0.1, 0.15) is 12.4 Å². The Morgan fingerprint density at radius 1 is 1.50 bits per heavy atom. The fraction of sp³-hybridized carbons (Fsp3) is 0.333. The molecule has 0 atom stereocenters. The molecule has 1 heterocycles. The molecule has 14 heavy (non-hydrogen) atoms. The highest BCUT2D eigenvalue weighted by atomic mass is 79.9. The van der Waals surface area contributed by atoms with E-state index in [-0.39, 0.29) is 0 Å². The number of allylic oxidation sites excluding steroid dienone is 1. The zero-order chi connectivity index (χ0) is 10.1. The first-order chi connectivity index (χ1) is 6.72. The zero-order valence-electron chi connectivity index (χ0n) is 8.43. The average Bonchev–Trinajstić information content (AvgIpc) is 2.59. The summed E-state index contributed by atoms with van der Waals surface area (Å²) in [6.45, 7) is 5.00. The van der Waals surface area contributed by atoms with Crippen LogP contribution in [0.2, 0.25) is 0 Å². The third-order valence-electron chi connectivity index (χ3n) is 2.60. The van der Waals surface area contributed by atoms with Gasteiger partial charge in [0.05, 0.1) is 0 Å². The van der Waals surface area contributed by atoms with E-state index in [1.165, 1.54) is 16.7 Å². The molecule has 0 aliphatic carbocycles. The zero-order valence-corrected chi connectivity index (χ0v) is 10.0. The molecular formula is C12H13BrO. The molecule has 1 aliphatic heterocycles. The summed E-state index contributed by atoms with van der Waals surface area (Å²) in [7, 11) is 0. The van der Waals surface area contributed by atoms with Crippen LogP contribution in [0.15, 0.2) is 28.2 Å². The summed E-state index contributed by atoms with van der Waals surface area (Å²) in [6, 6.07) is 6.32. The predicted molar refractivity (Wildman–Crippen MR) is 61.8 cm³/mol. The Kier molecular flexibility index (Phi) is 2.64. The molecule has 0 unspecified atom stereocenters. The van der Waals surface area contributed by atoms with Crippen molar-refractivity contribution in [2.75, 3.05) is 0 Å².